The first-order chi connectivity index (χ1) is 12.9. The Morgan fingerprint density at radius 3 is 2.41 bits per heavy atom. The second-order valence-electron chi connectivity index (χ2n) is 5.51. The third kappa shape index (κ3) is 4.27. The summed E-state index contributed by atoms with van der Waals surface area (Å²) < 4.78 is 32.2. The number of carboxylic acids is 1. The largest absolute Gasteiger partial charge is 0.477 e. The van der Waals surface area contributed by atoms with Gasteiger partial charge in [0, 0.05) is 17.7 Å². The number of nitrogens with one attached hydrogen (secondary N) is 1. The third-order valence-corrected chi connectivity index (χ3v) is 3.63. The smallest absolute Gasteiger partial charge is 0.352 e. The minimum atomic E-state index is -1.44. The Labute approximate surface area is 152 Å². The summed E-state index contributed by atoms with van der Waals surface area (Å²) in [5.74, 6) is -3.70. The van der Waals surface area contributed by atoms with E-state index in [0.29, 0.717) is 11.8 Å². The van der Waals surface area contributed by atoms with Crippen LogP contribution in [-0.2, 0) is 4.79 Å². The number of carboxylic acid groups (broad SMARTS) is 1. The minimum absolute atomic E-state index is 0.186. The number of carbonyl (C=O) groups is 2. The van der Waals surface area contributed by atoms with E-state index in [1.165, 1.54) is 6.07 Å². The molecule has 0 spiro atoms. The molecule has 1 aromatic heterocycles. The topological polar surface area (TPSA) is 79.5 Å². The van der Waals surface area contributed by atoms with Crippen LogP contribution >= 0.6 is 0 Å². The molecule has 5 nitrogen and oxygen atoms in total. The number of benzene rings is 2. The van der Waals surface area contributed by atoms with Gasteiger partial charge in [0.2, 0.25) is 0 Å². The normalized spacial score (nSPS) is 11.3. The van der Waals surface area contributed by atoms with Crippen molar-refractivity contribution in [3.8, 4) is 11.3 Å². The fourth-order valence-corrected chi connectivity index (χ4v) is 2.34. The third-order valence-electron chi connectivity index (χ3n) is 3.63. The van der Waals surface area contributed by atoms with Crippen molar-refractivity contribution in [2.45, 2.75) is 0 Å². The molecule has 0 aliphatic carbocycles. The van der Waals surface area contributed by atoms with E-state index in [4.69, 9.17) is 4.42 Å². The maximum atomic E-state index is 13.7. The molecule has 7 heteroatoms. The molecule has 0 unspecified atom stereocenters. The molecule has 0 aliphatic rings. The first-order valence-electron chi connectivity index (χ1n) is 7.80. The Bertz CT molecular complexity index is 1030. The van der Waals surface area contributed by atoms with Crippen LogP contribution in [-0.4, -0.2) is 17.0 Å². The van der Waals surface area contributed by atoms with Crippen molar-refractivity contribution in [1.82, 2.24) is 5.32 Å². The molecule has 2 N–H and O–H groups in total. The van der Waals surface area contributed by atoms with Crippen LogP contribution in [0, 0.1) is 11.6 Å². The van der Waals surface area contributed by atoms with Crippen LogP contribution in [0.25, 0.3) is 17.4 Å². The zero-order chi connectivity index (χ0) is 19.4. The molecule has 0 radical (unpaired) electrons. The van der Waals surface area contributed by atoms with E-state index in [0.717, 1.165) is 23.8 Å². The lowest BCUT2D eigenvalue weighted by Gasteiger charge is -2.06. The number of hydrogen-bond acceptors (Lipinski definition) is 3. The van der Waals surface area contributed by atoms with Crippen molar-refractivity contribution in [3.05, 3.63) is 89.3 Å². The lowest BCUT2D eigenvalue weighted by atomic mass is 10.2. The summed E-state index contributed by atoms with van der Waals surface area (Å²) in [6.07, 6.45) is 1.11. The fourth-order valence-electron chi connectivity index (χ4n) is 2.34. The predicted octanol–water partition coefficient (Wildman–Crippen LogP) is 4.08. The number of amides is 1. The second kappa shape index (κ2) is 7.65. The van der Waals surface area contributed by atoms with E-state index in [1.54, 1.807) is 6.07 Å². The Hall–Kier alpha value is -3.74. The zero-order valence-electron chi connectivity index (χ0n) is 13.8. The van der Waals surface area contributed by atoms with Crippen LogP contribution < -0.4 is 5.32 Å². The summed E-state index contributed by atoms with van der Waals surface area (Å²) in [6.45, 7) is 0. The second-order valence-corrected chi connectivity index (χ2v) is 5.51. The summed E-state index contributed by atoms with van der Waals surface area (Å²) in [4.78, 5) is 23.5. The van der Waals surface area contributed by atoms with Crippen molar-refractivity contribution in [3.63, 3.8) is 0 Å². The molecule has 1 amide bonds. The van der Waals surface area contributed by atoms with Gasteiger partial charge in [0.1, 0.15) is 28.9 Å². The molecule has 27 heavy (non-hydrogen) atoms. The number of rotatable bonds is 5. The van der Waals surface area contributed by atoms with Crippen molar-refractivity contribution < 1.29 is 27.9 Å². The van der Waals surface area contributed by atoms with Crippen LogP contribution in [0.3, 0.4) is 0 Å². The quantitative estimate of drug-likeness (QED) is 0.664. The lowest BCUT2D eigenvalue weighted by molar-refractivity contribution is -0.132. The van der Waals surface area contributed by atoms with Crippen LogP contribution in [0.15, 0.2) is 70.8 Å². The predicted molar refractivity (Wildman–Crippen MR) is 93.6 cm³/mol. The molecule has 136 valence electrons. The summed E-state index contributed by atoms with van der Waals surface area (Å²) in [5.41, 5.74) is -0.197. The molecule has 0 atom stereocenters. The van der Waals surface area contributed by atoms with E-state index in [1.807, 2.05) is 30.3 Å². The standard InChI is InChI=1S/C20H13F2NO4/c21-13-6-8-15(16(22)10-13)19(24)23-17(20(25)26)11-14-7-9-18(27-14)12-4-2-1-3-5-12/h1-11H,(H,23,24)(H,25,26)/b17-11+. The highest BCUT2D eigenvalue weighted by atomic mass is 19.1. The molecular weight excluding hydrogens is 356 g/mol. The summed E-state index contributed by atoms with van der Waals surface area (Å²) in [5, 5.41) is 11.4. The Morgan fingerprint density at radius 1 is 1.00 bits per heavy atom. The van der Waals surface area contributed by atoms with E-state index in [9.17, 15) is 23.5 Å². The lowest BCUT2D eigenvalue weighted by Crippen LogP contribution is -2.28. The molecule has 3 aromatic rings. The number of furan rings is 1. The molecule has 0 saturated carbocycles. The SMILES string of the molecule is O=C(O)/C(=C\c1ccc(-c2ccccc2)o1)NC(=O)c1ccc(F)cc1F. The summed E-state index contributed by atoms with van der Waals surface area (Å²) >= 11 is 0. The number of hydrogen-bond donors (Lipinski definition) is 2. The van der Waals surface area contributed by atoms with Gasteiger partial charge in [-0.2, -0.15) is 0 Å². The highest BCUT2D eigenvalue weighted by molar-refractivity contribution is 6.02. The molecule has 0 saturated heterocycles. The molecule has 3 rings (SSSR count). The van der Waals surface area contributed by atoms with Gasteiger partial charge in [0.05, 0.1) is 5.56 Å². The number of carbonyl (C=O) groups excluding carboxylic acids is 1. The van der Waals surface area contributed by atoms with Gasteiger partial charge >= 0.3 is 5.97 Å². The van der Waals surface area contributed by atoms with Crippen molar-refractivity contribution >= 4 is 18.0 Å². The number of halogens is 2. The monoisotopic (exact) mass is 369 g/mol. The maximum absolute atomic E-state index is 13.7. The first-order valence-corrected chi connectivity index (χ1v) is 7.80. The van der Waals surface area contributed by atoms with Gasteiger partial charge in [0.25, 0.3) is 5.91 Å². The van der Waals surface area contributed by atoms with Crippen LogP contribution in [0.5, 0.6) is 0 Å². The van der Waals surface area contributed by atoms with Crippen molar-refractivity contribution in [1.29, 1.82) is 0 Å². The fraction of sp³-hybridized carbons (Fsp3) is 0. The molecule has 0 aliphatic heterocycles. The molecular formula is C20H13F2NO4. The van der Waals surface area contributed by atoms with E-state index in [2.05, 4.69) is 5.32 Å². The minimum Gasteiger partial charge on any atom is -0.477 e. The Kier molecular flexibility index (Phi) is 5.12. The van der Waals surface area contributed by atoms with Crippen LogP contribution in [0.2, 0.25) is 0 Å². The molecule has 0 fully saturated rings. The van der Waals surface area contributed by atoms with E-state index < -0.39 is 34.8 Å². The average molecular weight is 369 g/mol. The van der Waals surface area contributed by atoms with Gasteiger partial charge in [-0.1, -0.05) is 30.3 Å². The summed E-state index contributed by atoms with van der Waals surface area (Å²) in [7, 11) is 0. The van der Waals surface area contributed by atoms with Gasteiger partial charge < -0.3 is 14.8 Å². The molecule has 0 bridgehead atoms. The zero-order valence-corrected chi connectivity index (χ0v) is 13.8. The van der Waals surface area contributed by atoms with Crippen LogP contribution in [0.4, 0.5) is 8.78 Å². The van der Waals surface area contributed by atoms with E-state index in [-0.39, 0.29) is 5.76 Å². The Balaban J connectivity index is 1.84. The Morgan fingerprint density at radius 2 is 1.74 bits per heavy atom. The highest BCUT2D eigenvalue weighted by Crippen LogP contribution is 2.23. The maximum Gasteiger partial charge on any atom is 0.352 e. The van der Waals surface area contributed by atoms with Gasteiger partial charge in [-0.3, -0.25) is 4.79 Å². The summed E-state index contributed by atoms with van der Waals surface area (Å²) in [6, 6.07) is 14.7. The van der Waals surface area contributed by atoms with Crippen molar-refractivity contribution in [2.24, 2.45) is 0 Å². The number of aliphatic carboxylic acids is 1. The van der Waals surface area contributed by atoms with Gasteiger partial charge in [-0.15, -0.1) is 0 Å². The highest BCUT2D eigenvalue weighted by Gasteiger charge is 2.17. The molecule has 1 heterocycles. The first kappa shape index (κ1) is 18.1. The van der Waals surface area contributed by atoms with Gasteiger partial charge in [-0.25, -0.2) is 13.6 Å². The van der Waals surface area contributed by atoms with Crippen LogP contribution in [0.1, 0.15) is 16.1 Å². The van der Waals surface area contributed by atoms with E-state index >= 15 is 0 Å². The average Bonchev–Trinajstić information content (AvgIpc) is 3.10. The molecule has 2 aromatic carbocycles. The van der Waals surface area contributed by atoms with Crippen molar-refractivity contribution in [2.75, 3.05) is 0 Å². The van der Waals surface area contributed by atoms with Gasteiger partial charge in [0.15, 0.2) is 0 Å². The van der Waals surface area contributed by atoms with Gasteiger partial charge in [-0.05, 0) is 24.3 Å².